The van der Waals surface area contributed by atoms with Gasteiger partial charge in [-0.15, -0.1) is 0 Å². The molecule has 0 heterocycles. The summed E-state index contributed by atoms with van der Waals surface area (Å²) in [5.41, 5.74) is 0. The summed E-state index contributed by atoms with van der Waals surface area (Å²) >= 11 is 0. The van der Waals surface area contributed by atoms with Crippen LogP contribution in [0.3, 0.4) is 0 Å². The SMILES string of the molecule is CCCCCCCCCCC(CC)CC.O=[PH](O)O. The summed E-state index contributed by atoms with van der Waals surface area (Å²) in [5, 5.41) is 0. The molecule has 3 nitrogen and oxygen atoms in total. The van der Waals surface area contributed by atoms with Crippen LogP contribution in [0, 0.1) is 5.92 Å². The Morgan fingerprint density at radius 3 is 1.53 bits per heavy atom. The molecule has 0 aliphatic heterocycles. The van der Waals surface area contributed by atoms with Crippen LogP contribution in [-0.4, -0.2) is 9.79 Å². The van der Waals surface area contributed by atoms with E-state index in [0.717, 1.165) is 5.92 Å². The van der Waals surface area contributed by atoms with Gasteiger partial charge in [0.25, 0.3) is 0 Å². The molecule has 118 valence electrons. The maximum absolute atomic E-state index is 8.74. The Balaban J connectivity index is 0. The van der Waals surface area contributed by atoms with E-state index in [1.54, 1.807) is 0 Å². The lowest BCUT2D eigenvalue weighted by Gasteiger charge is -2.11. The van der Waals surface area contributed by atoms with Gasteiger partial charge in [0.05, 0.1) is 0 Å². The molecule has 0 amide bonds. The van der Waals surface area contributed by atoms with E-state index in [4.69, 9.17) is 14.4 Å². The highest BCUT2D eigenvalue weighted by Gasteiger charge is 2.01. The monoisotopic (exact) mass is 294 g/mol. The Morgan fingerprint density at radius 2 is 1.16 bits per heavy atom. The van der Waals surface area contributed by atoms with E-state index < -0.39 is 8.25 Å². The molecule has 0 aliphatic carbocycles. The predicted molar refractivity (Wildman–Crippen MR) is 84.7 cm³/mol. The van der Waals surface area contributed by atoms with Crippen LogP contribution in [0.4, 0.5) is 0 Å². The molecule has 0 rings (SSSR count). The zero-order valence-corrected chi connectivity index (χ0v) is 14.2. The Hall–Kier alpha value is 0.150. The van der Waals surface area contributed by atoms with Gasteiger partial charge < -0.3 is 9.79 Å². The molecule has 2 N–H and O–H groups in total. The summed E-state index contributed by atoms with van der Waals surface area (Å²) in [6.45, 7) is 6.95. The minimum absolute atomic E-state index is 1.00. The van der Waals surface area contributed by atoms with Gasteiger partial charge in [0, 0.05) is 0 Å². The van der Waals surface area contributed by atoms with Gasteiger partial charge in [0.1, 0.15) is 0 Å². The van der Waals surface area contributed by atoms with E-state index in [2.05, 4.69) is 20.8 Å². The fraction of sp³-hybridized carbons (Fsp3) is 1.00. The molecule has 0 aromatic heterocycles. The molecule has 0 saturated heterocycles. The van der Waals surface area contributed by atoms with Crippen molar-refractivity contribution in [1.29, 1.82) is 0 Å². The second-order valence-electron chi connectivity index (χ2n) is 5.23. The van der Waals surface area contributed by atoms with Gasteiger partial charge in [-0.05, 0) is 5.92 Å². The van der Waals surface area contributed by atoms with Crippen molar-refractivity contribution in [3.63, 3.8) is 0 Å². The van der Waals surface area contributed by atoms with Gasteiger partial charge in [-0.2, -0.15) is 0 Å². The quantitative estimate of drug-likeness (QED) is 0.401. The number of rotatable bonds is 11. The maximum atomic E-state index is 8.74. The fourth-order valence-electron chi connectivity index (χ4n) is 2.26. The molecule has 0 aliphatic rings. The normalized spacial score (nSPS) is 10.7. The average Bonchev–Trinajstić information content (AvgIpc) is 2.36. The molecule has 0 radical (unpaired) electrons. The van der Waals surface area contributed by atoms with E-state index in [1.165, 1.54) is 70.6 Å². The largest absolute Gasteiger partial charge is 0.326 e. The van der Waals surface area contributed by atoms with Crippen LogP contribution < -0.4 is 0 Å². The van der Waals surface area contributed by atoms with E-state index in [0.29, 0.717) is 0 Å². The van der Waals surface area contributed by atoms with Crippen molar-refractivity contribution in [3.8, 4) is 0 Å². The maximum Gasteiger partial charge on any atom is 0.314 e. The molecule has 0 fully saturated rings. The van der Waals surface area contributed by atoms with Crippen LogP contribution in [0.5, 0.6) is 0 Å². The second kappa shape index (κ2) is 18.1. The molecule has 0 bridgehead atoms. The van der Waals surface area contributed by atoms with Gasteiger partial charge in [0.2, 0.25) is 0 Å². The Labute approximate surface area is 120 Å². The summed E-state index contributed by atoms with van der Waals surface area (Å²) in [6, 6.07) is 0. The number of unbranched alkanes of at least 4 members (excludes halogenated alkanes) is 7. The van der Waals surface area contributed by atoms with Crippen molar-refractivity contribution < 1.29 is 14.4 Å². The van der Waals surface area contributed by atoms with Crippen molar-refractivity contribution in [3.05, 3.63) is 0 Å². The second-order valence-corrected chi connectivity index (χ2v) is 5.79. The minimum atomic E-state index is -3.13. The molecule has 0 saturated carbocycles. The lowest BCUT2D eigenvalue weighted by Crippen LogP contribution is -1.96. The molecule has 0 spiro atoms. The third-order valence-electron chi connectivity index (χ3n) is 3.62. The highest BCUT2D eigenvalue weighted by molar-refractivity contribution is 7.30. The van der Waals surface area contributed by atoms with Crippen LogP contribution in [0.15, 0.2) is 0 Å². The highest BCUT2D eigenvalue weighted by Crippen LogP contribution is 2.17. The van der Waals surface area contributed by atoms with Crippen LogP contribution in [0.2, 0.25) is 0 Å². The van der Waals surface area contributed by atoms with Gasteiger partial charge in [-0.25, -0.2) is 0 Å². The van der Waals surface area contributed by atoms with Crippen LogP contribution in [0.1, 0.15) is 91.4 Å². The summed E-state index contributed by atoms with van der Waals surface area (Å²) in [4.78, 5) is 14.3. The minimum Gasteiger partial charge on any atom is -0.326 e. The van der Waals surface area contributed by atoms with E-state index in [-0.39, 0.29) is 0 Å². The number of hydrogen-bond acceptors (Lipinski definition) is 1. The molecule has 0 atom stereocenters. The van der Waals surface area contributed by atoms with E-state index in [9.17, 15) is 0 Å². The van der Waals surface area contributed by atoms with Crippen molar-refractivity contribution >= 4 is 8.25 Å². The van der Waals surface area contributed by atoms with Crippen LogP contribution in [-0.2, 0) is 4.57 Å². The lowest BCUT2D eigenvalue weighted by molar-refractivity contribution is 0.405. The summed E-state index contributed by atoms with van der Waals surface area (Å²) in [7, 11) is -3.13. The van der Waals surface area contributed by atoms with E-state index >= 15 is 0 Å². The summed E-state index contributed by atoms with van der Waals surface area (Å²) in [6.07, 6.45) is 15.9. The highest BCUT2D eigenvalue weighted by atomic mass is 31.1. The van der Waals surface area contributed by atoms with E-state index in [1.807, 2.05) is 0 Å². The Bertz CT molecular complexity index is 178. The fourth-order valence-corrected chi connectivity index (χ4v) is 2.26. The van der Waals surface area contributed by atoms with Crippen molar-refractivity contribution in [1.82, 2.24) is 0 Å². The zero-order valence-electron chi connectivity index (χ0n) is 13.2. The van der Waals surface area contributed by atoms with Gasteiger partial charge in [-0.1, -0.05) is 91.4 Å². The Morgan fingerprint density at radius 1 is 0.789 bits per heavy atom. The van der Waals surface area contributed by atoms with Gasteiger partial charge in [-0.3, -0.25) is 4.57 Å². The summed E-state index contributed by atoms with van der Waals surface area (Å²) in [5.74, 6) is 1.00. The predicted octanol–water partition coefficient (Wildman–Crippen LogP) is 5.31. The first-order valence-electron chi connectivity index (χ1n) is 8.00. The van der Waals surface area contributed by atoms with Crippen LogP contribution >= 0.6 is 8.25 Å². The third-order valence-corrected chi connectivity index (χ3v) is 3.62. The molecule has 0 aromatic carbocycles. The standard InChI is InChI=1S/C15H32.H3O3P/c1-4-7-8-9-10-11-12-13-14-15(5-2)6-3;1-4(2)3/h15H,4-14H2,1-3H3;4H,(H2,1,2,3). The molecule has 0 aromatic rings. The van der Waals surface area contributed by atoms with Gasteiger partial charge in [0.15, 0.2) is 0 Å². The molecule has 4 heteroatoms. The topological polar surface area (TPSA) is 57.5 Å². The first-order chi connectivity index (χ1) is 9.08. The van der Waals surface area contributed by atoms with Crippen molar-refractivity contribution in [2.24, 2.45) is 5.92 Å². The molecule has 19 heavy (non-hydrogen) atoms. The van der Waals surface area contributed by atoms with Gasteiger partial charge >= 0.3 is 8.25 Å². The zero-order chi connectivity index (χ0) is 14.9. The molecule has 0 unspecified atom stereocenters. The van der Waals surface area contributed by atoms with Crippen molar-refractivity contribution in [2.45, 2.75) is 91.4 Å². The smallest absolute Gasteiger partial charge is 0.314 e. The van der Waals surface area contributed by atoms with Crippen molar-refractivity contribution in [2.75, 3.05) is 0 Å². The molecular formula is C15H35O3P. The number of hydrogen-bond donors (Lipinski definition) is 2. The third kappa shape index (κ3) is 23.6. The first kappa shape index (κ1) is 21.4. The first-order valence-corrected chi connectivity index (χ1v) is 9.30. The molecular weight excluding hydrogens is 259 g/mol. The Kier molecular flexibility index (Phi) is 20.5. The average molecular weight is 294 g/mol. The summed E-state index contributed by atoms with van der Waals surface area (Å²) < 4.78 is 8.74. The van der Waals surface area contributed by atoms with Crippen LogP contribution in [0.25, 0.3) is 0 Å². The lowest BCUT2D eigenvalue weighted by atomic mass is 9.95.